The molecule has 1 N–H and O–H groups in total. The van der Waals surface area contributed by atoms with Crippen LogP contribution in [0.4, 0.5) is 5.69 Å². The van der Waals surface area contributed by atoms with Gasteiger partial charge in [-0.05, 0) is 59.3 Å². The molecule has 1 atom stereocenters. The van der Waals surface area contributed by atoms with E-state index in [4.69, 9.17) is 9.47 Å². The van der Waals surface area contributed by atoms with E-state index in [0.29, 0.717) is 6.61 Å². The van der Waals surface area contributed by atoms with Crippen LogP contribution in [0.3, 0.4) is 0 Å². The van der Waals surface area contributed by atoms with E-state index in [1.165, 1.54) is 9.13 Å². The van der Waals surface area contributed by atoms with Gasteiger partial charge in [-0.25, -0.2) is 0 Å². The highest BCUT2D eigenvalue weighted by atomic mass is 127. The summed E-state index contributed by atoms with van der Waals surface area (Å²) in [6.45, 7) is 3.59. The number of fused-ring (bicyclic) bond motifs is 1. The first-order valence-corrected chi connectivity index (χ1v) is 8.22. The molecule has 3 rings (SSSR count). The zero-order valence-electron chi connectivity index (χ0n) is 11.9. The number of hydrogen-bond donors (Lipinski definition) is 1. The first-order valence-electron chi connectivity index (χ1n) is 7.14. The van der Waals surface area contributed by atoms with Crippen molar-refractivity contribution in [3.05, 3.63) is 51.6 Å². The summed E-state index contributed by atoms with van der Waals surface area (Å²) < 4.78 is 12.6. The first kappa shape index (κ1) is 14.5. The lowest BCUT2D eigenvalue weighted by molar-refractivity contribution is 0.297. The largest absolute Gasteiger partial charge is 0.490 e. The Kier molecular flexibility index (Phi) is 4.53. The van der Waals surface area contributed by atoms with Crippen molar-refractivity contribution in [1.82, 2.24) is 0 Å². The maximum Gasteiger partial charge on any atom is 0.163 e. The van der Waals surface area contributed by atoms with E-state index in [0.717, 1.165) is 30.2 Å². The van der Waals surface area contributed by atoms with E-state index in [1.807, 2.05) is 18.2 Å². The summed E-state index contributed by atoms with van der Waals surface area (Å²) in [4.78, 5) is 0. The zero-order chi connectivity index (χ0) is 14.7. The van der Waals surface area contributed by atoms with Crippen molar-refractivity contribution in [3.8, 4) is 11.5 Å². The van der Waals surface area contributed by atoms with Gasteiger partial charge < -0.3 is 14.8 Å². The van der Waals surface area contributed by atoms with E-state index in [-0.39, 0.29) is 6.04 Å². The minimum absolute atomic E-state index is 0.242. The molecule has 2 aromatic carbocycles. The van der Waals surface area contributed by atoms with Crippen molar-refractivity contribution in [2.45, 2.75) is 19.4 Å². The highest BCUT2D eigenvalue weighted by Crippen LogP contribution is 2.33. The summed E-state index contributed by atoms with van der Waals surface area (Å²) in [6, 6.07) is 14.8. The second-order valence-electron chi connectivity index (χ2n) is 5.13. The molecule has 0 radical (unpaired) electrons. The first-order chi connectivity index (χ1) is 10.2. The highest BCUT2D eigenvalue weighted by molar-refractivity contribution is 14.1. The van der Waals surface area contributed by atoms with Gasteiger partial charge in [-0.2, -0.15) is 0 Å². The summed E-state index contributed by atoms with van der Waals surface area (Å²) in [7, 11) is 0. The Hall–Kier alpha value is -1.43. The molecule has 1 unspecified atom stereocenters. The molecule has 4 heteroatoms. The van der Waals surface area contributed by atoms with Crippen molar-refractivity contribution in [2.24, 2.45) is 0 Å². The summed E-state index contributed by atoms with van der Waals surface area (Å²) in [6.07, 6.45) is 0.927. The molecule has 0 amide bonds. The Labute approximate surface area is 138 Å². The third-order valence-corrected chi connectivity index (χ3v) is 4.22. The predicted octanol–water partition coefficient (Wildman–Crippen LogP) is 4.63. The molecule has 110 valence electrons. The van der Waals surface area contributed by atoms with E-state index in [1.54, 1.807) is 0 Å². The average Bonchev–Trinajstić information content (AvgIpc) is 2.72. The Morgan fingerprint density at radius 3 is 2.48 bits per heavy atom. The lowest BCUT2D eigenvalue weighted by Crippen LogP contribution is -2.06. The quantitative estimate of drug-likeness (QED) is 0.770. The van der Waals surface area contributed by atoms with Gasteiger partial charge in [0, 0.05) is 27.8 Å². The van der Waals surface area contributed by atoms with Crippen LogP contribution >= 0.6 is 22.6 Å². The van der Waals surface area contributed by atoms with Crippen LogP contribution in [0.2, 0.25) is 0 Å². The van der Waals surface area contributed by atoms with Gasteiger partial charge in [-0.15, -0.1) is 0 Å². The molecule has 0 aliphatic carbocycles. The van der Waals surface area contributed by atoms with Crippen LogP contribution in [0.5, 0.6) is 11.5 Å². The second-order valence-corrected chi connectivity index (χ2v) is 6.38. The van der Waals surface area contributed by atoms with Crippen LogP contribution in [0.25, 0.3) is 0 Å². The van der Waals surface area contributed by atoms with Gasteiger partial charge >= 0.3 is 0 Å². The van der Waals surface area contributed by atoms with Crippen LogP contribution in [-0.2, 0) is 0 Å². The molecule has 2 aromatic rings. The standard InChI is InChI=1S/C17H18INO2/c1-12(13-3-5-14(18)6-4-13)19-15-7-8-16-17(11-15)21-10-2-9-20-16/h3-8,11-12,19H,2,9-10H2,1H3. The summed E-state index contributed by atoms with van der Waals surface area (Å²) in [5.74, 6) is 1.66. The molecule has 0 aromatic heterocycles. The van der Waals surface area contributed by atoms with Gasteiger partial charge in [-0.1, -0.05) is 12.1 Å². The minimum atomic E-state index is 0.242. The van der Waals surface area contributed by atoms with Crippen molar-refractivity contribution in [1.29, 1.82) is 0 Å². The third-order valence-electron chi connectivity index (χ3n) is 3.50. The summed E-state index contributed by atoms with van der Waals surface area (Å²) >= 11 is 2.32. The van der Waals surface area contributed by atoms with Crippen molar-refractivity contribution >= 4 is 28.3 Å². The Morgan fingerprint density at radius 1 is 1.00 bits per heavy atom. The molecule has 0 fully saturated rings. The number of benzene rings is 2. The van der Waals surface area contributed by atoms with Crippen LogP contribution in [0.15, 0.2) is 42.5 Å². The van der Waals surface area contributed by atoms with Gasteiger partial charge in [0.1, 0.15) is 0 Å². The van der Waals surface area contributed by atoms with Crippen LogP contribution in [0.1, 0.15) is 24.9 Å². The fourth-order valence-electron chi connectivity index (χ4n) is 2.34. The molecule has 1 aliphatic rings. The van der Waals surface area contributed by atoms with Gasteiger partial charge in [0.2, 0.25) is 0 Å². The molecule has 3 nitrogen and oxygen atoms in total. The Morgan fingerprint density at radius 2 is 1.71 bits per heavy atom. The molecule has 1 aliphatic heterocycles. The number of anilines is 1. The smallest absolute Gasteiger partial charge is 0.163 e. The highest BCUT2D eigenvalue weighted by Gasteiger charge is 2.12. The van der Waals surface area contributed by atoms with E-state index >= 15 is 0 Å². The summed E-state index contributed by atoms with van der Waals surface area (Å²) in [5.41, 5.74) is 2.31. The third kappa shape index (κ3) is 3.61. The fraction of sp³-hybridized carbons (Fsp3) is 0.294. The normalized spacial score (nSPS) is 15.1. The fourth-order valence-corrected chi connectivity index (χ4v) is 2.70. The monoisotopic (exact) mass is 395 g/mol. The topological polar surface area (TPSA) is 30.5 Å². The molecule has 0 saturated heterocycles. The van der Waals surface area contributed by atoms with Crippen LogP contribution in [0, 0.1) is 3.57 Å². The average molecular weight is 395 g/mol. The number of rotatable bonds is 3. The van der Waals surface area contributed by atoms with Gasteiger partial charge in [0.15, 0.2) is 11.5 Å². The number of halogens is 1. The van der Waals surface area contributed by atoms with Crippen molar-refractivity contribution < 1.29 is 9.47 Å². The van der Waals surface area contributed by atoms with Crippen LogP contribution in [-0.4, -0.2) is 13.2 Å². The number of nitrogens with one attached hydrogen (secondary N) is 1. The lowest BCUT2D eigenvalue weighted by Gasteiger charge is -2.17. The predicted molar refractivity (Wildman–Crippen MR) is 93.2 cm³/mol. The number of hydrogen-bond acceptors (Lipinski definition) is 3. The maximum atomic E-state index is 5.73. The molecule has 0 spiro atoms. The molecular weight excluding hydrogens is 377 g/mol. The summed E-state index contributed by atoms with van der Waals surface area (Å²) in [5, 5.41) is 3.51. The molecular formula is C17H18INO2. The minimum Gasteiger partial charge on any atom is -0.490 e. The lowest BCUT2D eigenvalue weighted by atomic mass is 10.1. The van der Waals surface area contributed by atoms with Gasteiger partial charge in [0.05, 0.1) is 13.2 Å². The van der Waals surface area contributed by atoms with Crippen molar-refractivity contribution in [2.75, 3.05) is 18.5 Å². The van der Waals surface area contributed by atoms with E-state index in [9.17, 15) is 0 Å². The SMILES string of the molecule is CC(Nc1ccc2c(c1)OCCCO2)c1ccc(I)cc1. The maximum absolute atomic E-state index is 5.73. The van der Waals surface area contributed by atoms with Crippen LogP contribution < -0.4 is 14.8 Å². The van der Waals surface area contributed by atoms with Gasteiger partial charge in [-0.3, -0.25) is 0 Å². The Bertz CT molecular complexity index is 613. The van der Waals surface area contributed by atoms with Gasteiger partial charge in [0.25, 0.3) is 0 Å². The van der Waals surface area contributed by atoms with E-state index < -0.39 is 0 Å². The van der Waals surface area contributed by atoms with Crippen molar-refractivity contribution in [3.63, 3.8) is 0 Å². The Balaban J connectivity index is 1.75. The number of ether oxygens (including phenoxy) is 2. The van der Waals surface area contributed by atoms with E-state index in [2.05, 4.69) is 59.1 Å². The zero-order valence-corrected chi connectivity index (χ0v) is 14.1. The molecule has 21 heavy (non-hydrogen) atoms. The second kappa shape index (κ2) is 6.56. The molecule has 0 bridgehead atoms. The molecule has 1 heterocycles. The molecule has 0 saturated carbocycles.